The van der Waals surface area contributed by atoms with Crippen molar-refractivity contribution in [1.29, 1.82) is 0 Å². The van der Waals surface area contributed by atoms with Crippen molar-refractivity contribution in [2.24, 2.45) is 0 Å². The van der Waals surface area contributed by atoms with Gasteiger partial charge in [-0.3, -0.25) is 0 Å². The zero-order chi connectivity index (χ0) is 11.3. The molecular formula is C9H12F3N3. The van der Waals surface area contributed by atoms with Crippen LogP contribution >= 0.6 is 0 Å². The van der Waals surface area contributed by atoms with E-state index in [9.17, 15) is 13.2 Å². The summed E-state index contributed by atoms with van der Waals surface area (Å²) in [6.07, 6.45) is -3.35. The maximum absolute atomic E-state index is 11.8. The third-order valence-electron chi connectivity index (χ3n) is 1.73. The van der Waals surface area contributed by atoms with Gasteiger partial charge < -0.3 is 11.1 Å². The summed E-state index contributed by atoms with van der Waals surface area (Å²) < 4.78 is 35.3. The van der Waals surface area contributed by atoms with Crippen LogP contribution in [0.15, 0.2) is 18.3 Å². The number of nitrogens with zero attached hydrogens (tertiary/aromatic N) is 1. The number of nitrogen functional groups attached to an aromatic ring is 1. The van der Waals surface area contributed by atoms with Crippen molar-refractivity contribution >= 4 is 11.5 Å². The fourth-order valence-electron chi connectivity index (χ4n) is 1.05. The number of alkyl halides is 3. The second-order valence-electron chi connectivity index (χ2n) is 3.12. The number of pyridine rings is 1. The first-order valence-electron chi connectivity index (χ1n) is 4.49. The van der Waals surface area contributed by atoms with Crippen LogP contribution in [0.4, 0.5) is 24.7 Å². The van der Waals surface area contributed by atoms with Gasteiger partial charge in [-0.05, 0) is 12.5 Å². The molecule has 1 aromatic heterocycles. The molecule has 0 amide bonds. The van der Waals surface area contributed by atoms with Gasteiger partial charge in [-0.2, -0.15) is 13.2 Å². The molecule has 0 atom stereocenters. The van der Waals surface area contributed by atoms with Crippen molar-refractivity contribution in [3.8, 4) is 0 Å². The highest BCUT2D eigenvalue weighted by Gasteiger charge is 2.25. The van der Waals surface area contributed by atoms with E-state index in [-0.39, 0.29) is 13.0 Å². The summed E-state index contributed by atoms with van der Waals surface area (Å²) in [5.41, 5.74) is 6.00. The van der Waals surface area contributed by atoms with Gasteiger partial charge in [-0.15, -0.1) is 0 Å². The molecule has 3 N–H and O–H groups in total. The van der Waals surface area contributed by atoms with Crippen molar-refractivity contribution < 1.29 is 13.2 Å². The van der Waals surface area contributed by atoms with Crippen LogP contribution < -0.4 is 11.1 Å². The molecule has 1 rings (SSSR count). The number of rotatable bonds is 4. The average molecular weight is 219 g/mol. The Hall–Kier alpha value is -1.46. The molecule has 0 saturated heterocycles. The predicted molar refractivity (Wildman–Crippen MR) is 52.4 cm³/mol. The molecule has 0 saturated carbocycles. The zero-order valence-corrected chi connectivity index (χ0v) is 8.01. The Bertz CT molecular complexity index is 312. The van der Waals surface area contributed by atoms with Gasteiger partial charge in [0.05, 0.1) is 0 Å². The Labute approximate surface area is 85.5 Å². The van der Waals surface area contributed by atoms with Crippen LogP contribution in [0.1, 0.15) is 12.8 Å². The van der Waals surface area contributed by atoms with Crippen molar-refractivity contribution in [3.63, 3.8) is 0 Å². The standard InChI is InChI=1S/C9H12F3N3/c10-9(11,12)3-1-4-14-8-6-7(13)2-5-15-8/h2,5-6H,1,3-4H2,(H3,13,14,15). The van der Waals surface area contributed by atoms with E-state index in [1.807, 2.05) is 0 Å². The van der Waals surface area contributed by atoms with E-state index in [0.717, 1.165) is 0 Å². The number of hydrogen-bond donors (Lipinski definition) is 2. The van der Waals surface area contributed by atoms with Crippen molar-refractivity contribution in [2.45, 2.75) is 19.0 Å². The van der Waals surface area contributed by atoms with Gasteiger partial charge in [0.25, 0.3) is 0 Å². The summed E-state index contributed by atoms with van der Waals surface area (Å²) in [7, 11) is 0. The Kier molecular flexibility index (Phi) is 3.76. The molecule has 0 unspecified atom stereocenters. The third kappa shape index (κ3) is 5.09. The average Bonchev–Trinajstić information content (AvgIpc) is 2.11. The Balaban J connectivity index is 2.26. The van der Waals surface area contributed by atoms with Crippen LogP contribution in [0.3, 0.4) is 0 Å². The minimum Gasteiger partial charge on any atom is -0.399 e. The lowest BCUT2D eigenvalue weighted by Gasteiger charge is -2.07. The molecule has 0 radical (unpaired) electrons. The highest BCUT2D eigenvalue weighted by atomic mass is 19.4. The first-order valence-corrected chi connectivity index (χ1v) is 4.49. The molecule has 1 aromatic rings. The topological polar surface area (TPSA) is 50.9 Å². The molecular weight excluding hydrogens is 207 g/mol. The highest BCUT2D eigenvalue weighted by Crippen LogP contribution is 2.21. The fraction of sp³-hybridized carbons (Fsp3) is 0.444. The molecule has 3 nitrogen and oxygen atoms in total. The van der Waals surface area contributed by atoms with Crippen molar-refractivity contribution in [1.82, 2.24) is 4.98 Å². The summed E-state index contributed by atoms with van der Waals surface area (Å²) in [5.74, 6) is 0.497. The first kappa shape index (κ1) is 11.6. The quantitative estimate of drug-likeness (QED) is 0.764. The number of anilines is 2. The molecule has 15 heavy (non-hydrogen) atoms. The second-order valence-corrected chi connectivity index (χ2v) is 3.12. The van der Waals surface area contributed by atoms with Gasteiger partial charge in [-0.1, -0.05) is 0 Å². The largest absolute Gasteiger partial charge is 0.399 e. The predicted octanol–water partition coefficient (Wildman–Crippen LogP) is 2.42. The normalized spacial score (nSPS) is 11.4. The van der Waals surface area contributed by atoms with E-state index < -0.39 is 12.6 Å². The summed E-state index contributed by atoms with van der Waals surface area (Å²) in [6, 6.07) is 3.19. The molecule has 0 aliphatic heterocycles. The summed E-state index contributed by atoms with van der Waals surface area (Å²) in [5, 5.41) is 2.77. The minimum atomic E-state index is -4.09. The summed E-state index contributed by atoms with van der Waals surface area (Å²) >= 11 is 0. The zero-order valence-electron chi connectivity index (χ0n) is 8.01. The van der Waals surface area contributed by atoms with Crippen LogP contribution in [0.2, 0.25) is 0 Å². The van der Waals surface area contributed by atoms with Gasteiger partial charge >= 0.3 is 6.18 Å². The molecule has 0 aliphatic rings. The van der Waals surface area contributed by atoms with Crippen molar-refractivity contribution in [3.05, 3.63) is 18.3 Å². The lowest BCUT2D eigenvalue weighted by atomic mass is 10.3. The molecule has 84 valence electrons. The molecule has 0 spiro atoms. The maximum atomic E-state index is 11.8. The molecule has 6 heteroatoms. The number of halogens is 3. The van der Waals surface area contributed by atoms with Crippen LogP contribution in [-0.4, -0.2) is 17.7 Å². The fourth-order valence-corrected chi connectivity index (χ4v) is 1.05. The van der Waals surface area contributed by atoms with E-state index in [2.05, 4.69) is 10.3 Å². The molecule has 1 heterocycles. The van der Waals surface area contributed by atoms with Crippen LogP contribution in [0, 0.1) is 0 Å². The van der Waals surface area contributed by atoms with Crippen LogP contribution in [0.5, 0.6) is 0 Å². The SMILES string of the molecule is Nc1ccnc(NCCCC(F)(F)F)c1. The third-order valence-corrected chi connectivity index (χ3v) is 1.73. The van der Waals surface area contributed by atoms with E-state index in [4.69, 9.17) is 5.73 Å². The lowest BCUT2D eigenvalue weighted by molar-refractivity contribution is -0.134. The van der Waals surface area contributed by atoms with E-state index in [1.165, 1.54) is 6.20 Å². The van der Waals surface area contributed by atoms with Crippen LogP contribution in [0.25, 0.3) is 0 Å². The van der Waals surface area contributed by atoms with Crippen LogP contribution in [-0.2, 0) is 0 Å². The minimum absolute atomic E-state index is 0.0278. The van der Waals surface area contributed by atoms with Gasteiger partial charge in [0.1, 0.15) is 5.82 Å². The smallest absolute Gasteiger partial charge is 0.389 e. The molecule has 0 aliphatic carbocycles. The summed E-state index contributed by atoms with van der Waals surface area (Å²) in [6.45, 7) is 0.232. The van der Waals surface area contributed by atoms with E-state index in [1.54, 1.807) is 12.1 Å². The van der Waals surface area contributed by atoms with Crippen molar-refractivity contribution in [2.75, 3.05) is 17.6 Å². The molecule has 0 fully saturated rings. The Morgan fingerprint density at radius 1 is 1.40 bits per heavy atom. The molecule has 0 bridgehead atoms. The maximum Gasteiger partial charge on any atom is 0.389 e. The Morgan fingerprint density at radius 2 is 2.13 bits per heavy atom. The number of hydrogen-bond acceptors (Lipinski definition) is 3. The first-order chi connectivity index (χ1) is 6.97. The highest BCUT2D eigenvalue weighted by molar-refractivity contribution is 5.48. The number of nitrogens with two attached hydrogens (primary N) is 1. The van der Waals surface area contributed by atoms with Gasteiger partial charge in [0, 0.05) is 30.9 Å². The second kappa shape index (κ2) is 4.86. The van der Waals surface area contributed by atoms with E-state index in [0.29, 0.717) is 11.5 Å². The lowest BCUT2D eigenvalue weighted by Crippen LogP contribution is -2.11. The molecule has 0 aromatic carbocycles. The van der Waals surface area contributed by atoms with Gasteiger partial charge in [0.2, 0.25) is 0 Å². The van der Waals surface area contributed by atoms with Gasteiger partial charge in [0.15, 0.2) is 0 Å². The summed E-state index contributed by atoms with van der Waals surface area (Å²) in [4.78, 5) is 3.90. The monoisotopic (exact) mass is 219 g/mol. The van der Waals surface area contributed by atoms with Gasteiger partial charge in [-0.25, -0.2) is 4.98 Å². The number of aromatic nitrogens is 1. The Morgan fingerprint density at radius 3 is 2.73 bits per heavy atom. The number of nitrogens with one attached hydrogen (secondary N) is 1. The van der Waals surface area contributed by atoms with E-state index >= 15 is 0 Å².